The molecule has 2 atom stereocenters. The van der Waals surface area contributed by atoms with Gasteiger partial charge in [-0.15, -0.1) is 0 Å². The molecule has 1 amide bonds. The minimum atomic E-state index is -0.313. The van der Waals surface area contributed by atoms with Gasteiger partial charge in [-0.05, 0) is 43.7 Å². The second-order valence-corrected chi connectivity index (χ2v) is 7.06. The lowest BCUT2D eigenvalue weighted by molar-refractivity contribution is -0.122. The Morgan fingerprint density at radius 3 is 2.79 bits per heavy atom. The molecule has 2 aromatic rings. The first-order valence-electron chi connectivity index (χ1n) is 8.96. The van der Waals surface area contributed by atoms with Crippen molar-refractivity contribution in [2.45, 2.75) is 50.6 Å². The topological polar surface area (TPSA) is 72.4 Å². The number of nitrogens with zero attached hydrogens (tertiary/aromatic N) is 2. The van der Waals surface area contributed by atoms with Crippen LogP contribution in [0.3, 0.4) is 0 Å². The third-order valence-corrected chi connectivity index (χ3v) is 5.42. The summed E-state index contributed by atoms with van der Waals surface area (Å²) in [7, 11) is 0. The summed E-state index contributed by atoms with van der Waals surface area (Å²) < 4.78 is 5.97. The molecule has 1 aromatic heterocycles. The molecule has 127 valence electrons. The normalized spacial score (nSPS) is 26.2. The van der Waals surface area contributed by atoms with Crippen LogP contribution in [0.1, 0.15) is 50.5 Å². The number of fused-ring (bicyclic) bond motifs is 1. The molecule has 24 heavy (non-hydrogen) atoms. The summed E-state index contributed by atoms with van der Waals surface area (Å²) in [6, 6.07) is 7.49. The number of primary amides is 1. The first kappa shape index (κ1) is 15.6. The average Bonchev–Trinajstić information content (AvgIpc) is 3.19. The number of hydrogen-bond donors (Lipinski definition) is 1. The van der Waals surface area contributed by atoms with Crippen LogP contribution in [0.5, 0.6) is 0 Å². The number of oxazole rings is 1. The zero-order chi connectivity index (χ0) is 16.5. The van der Waals surface area contributed by atoms with Gasteiger partial charge in [0.05, 0.1) is 12.1 Å². The second kappa shape index (κ2) is 6.55. The Morgan fingerprint density at radius 2 is 2.04 bits per heavy atom. The van der Waals surface area contributed by atoms with Crippen molar-refractivity contribution < 1.29 is 9.21 Å². The molecule has 1 radical (unpaired) electrons. The molecule has 2 heterocycles. The van der Waals surface area contributed by atoms with E-state index in [1.165, 1.54) is 32.1 Å². The third kappa shape index (κ3) is 2.93. The molecule has 1 aromatic carbocycles. The van der Waals surface area contributed by atoms with E-state index in [1.807, 2.05) is 30.7 Å². The van der Waals surface area contributed by atoms with E-state index in [2.05, 4.69) is 9.88 Å². The summed E-state index contributed by atoms with van der Waals surface area (Å²) in [6.45, 7) is 0.896. The highest BCUT2D eigenvalue weighted by molar-refractivity contribution is 5.82. The van der Waals surface area contributed by atoms with Crippen LogP contribution in [-0.2, 0) is 4.79 Å². The van der Waals surface area contributed by atoms with Crippen LogP contribution in [0.4, 0.5) is 0 Å². The Bertz CT molecular complexity index is 687. The molecule has 2 aliphatic rings. The number of benzene rings is 1. The highest BCUT2D eigenvalue weighted by atomic mass is 16.3. The molecule has 1 aliphatic carbocycles. The summed E-state index contributed by atoms with van der Waals surface area (Å²) in [5, 5.41) is 0. The number of likely N-dealkylation sites (tertiary alicyclic amines) is 1. The largest absolute Gasteiger partial charge is 0.439 e. The molecule has 5 nitrogen and oxygen atoms in total. The fourth-order valence-electron chi connectivity index (χ4n) is 4.19. The van der Waals surface area contributed by atoms with E-state index >= 15 is 0 Å². The Morgan fingerprint density at radius 1 is 1.25 bits per heavy atom. The van der Waals surface area contributed by atoms with Crippen molar-refractivity contribution in [3.05, 3.63) is 36.6 Å². The first-order chi connectivity index (χ1) is 11.7. The Hall–Kier alpha value is -1.88. The number of para-hydroxylation sites is 2. The van der Waals surface area contributed by atoms with Gasteiger partial charge in [0.2, 0.25) is 11.8 Å². The van der Waals surface area contributed by atoms with Crippen molar-refractivity contribution in [2.24, 2.45) is 11.7 Å². The molecule has 1 aliphatic heterocycles. The molecule has 1 unspecified atom stereocenters. The predicted molar refractivity (Wildman–Crippen MR) is 91.9 cm³/mol. The van der Waals surface area contributed by atoms with E-state index < -0.39 is 0 Å². The van der Waals surface area contributed by atoms with Crippen molar-refractivity contribution in [3.63, 3.8) is 0 Å². The van der Waals surface area contributed by atoms with Crippen molar-refractivity contribution in [1.29, 1.82) is 0 Å². The van der Waals surface area contributed by atoms with E-state index in [9.17, 15) is 4.79 Å². The SMILES string of the molecule is NC(=O)C1[CH]C[C@@H](c2nc3ccccc3o2)N1CC1CCCCC1. The Balaban J connectivity index is 1.60. The molecule has 5 heteroatoms. The first-order valence-corrected chi connectivity index (χ1v) is 8.96. The number of carbonyl (C=O) groups excluding carboxylic acids is 1. The monoisotopic (exact) mass is 326 g/mol. The highest BCUT2D eigenvalue weighted by Gasteiger charge is 2.41. The zero-order valence-corrected chi connectivity index (χ0v) is 13.9. The molecule has 2 fully saturated rings. The second-order valence-electron chi connectivity index (χ2n) is 7.06. The van der Waals surface area contributed by atoms with Crippen LogP contribution in [-0.4, -0.2) is 28.4 Å². The molecular formula is C19H24N3O2. The van der Waals surface area contributed by atoms with Gasteiger partial charge in [0, 0.05) is 6.54 Å². The van der Waals surface area contributed by atoms with Crippen LogP contribution in [0.25, 0.3) is 11.1 Å². The van der Waals surface area contributed by atoms with E-state index in [0.29, 0.717) is 11.8 Å². The van der Waals surface area contributed by atoms with Crippen LogP contribution < -0.4 is 5.73 Å². The lowest BCUT2D eigenvalue weighted by atomic mass is 9.88. The molecule has 4 rings (SSSR count). The van der Waals surface area contributed by atoms with Gasteiger partial charge in [-0.25, -0.2) is 4.98 Å². The maximum Gasteiger partial charge on any atom is 0.235 e. The van der Waals surface area contributed by atoms with Gasteiger partial charge in [0.15, 0.2) is 5.58 Å². The van der Waals surface area contributed by atoms with E-state index in [-0.39, 0.29) is 18.0 Å². The quantitative estimate of drug-likeness (QED) is 0.936. The van der Waals surface area contributed by atoms with Gasteiger partial charge < -0.3 is 10.2 Å². The van der Waals surface area contributed by atoms with Crippen molar-refractivity contribution in [2.75, 3.05) is 6.54 Å². The zero-order valence-electron chi connectivity index (χ0n) is 13.9. The molecule has 1 saturated heterocycles. The van der Waals surface area contributed by atoms with Gasteiger partial charge in [0.25, 0.3) is 0 Å². The number of amides is 1. The smallest absolute Gasteiger partial charge is 0.235 e. The number of carbonyl (C=O) groups is 1. The lowest BCUT2D eigenvalue weighted by Crippen LogP contribution is -2.44. The summed E-state index contributed by atoms with van der Waals surface area (Å²) in [6.07, 6.45) is 9.16. The Labute approximate surface area is 142 Å². The summed E-state index contributed by atoms with van der Waals surface area (Å²) >= 11 is 0. The molecular weight excluding hydrogens is 302 g/mol. The molecule has 2 N–H and O–H groups in total. The minimum absolute atomic E-state index is 0.0110. The molecule has 0 bridgehead atoms. The van der Waals surface area contributed by atoms with Gasteiger partial charge in [-0.1, -0.05) is 31.4 Å². The fraction of sp³-hybridized carbons (Fsp3) is 0.526. The standard InChI is InChI=1S/C19H24N3O2/c20-18(23)15-10-11-16(22(15)12-13-6-2-1-3-7-13)19-21-14-8-4-5-9-17(14)24-19/h4-5,8-10,13,15-16H,1-3,6-7,11-12H2,(H2,20,23)/t15?,16-/m0/s1. The minimum Gasteiger partial charge on any atom is -0.439 e. The van der Waals surface area contributed by atoms with Gasteiger partial charge in [0.1, 0.15) is 5.52 Å². The van der Waals surface area contributed by atoms with Crippen LogP contribution in [0, 0.1) is 12.3 Å². The molecule has 0 spiro atoms. The predicted octanol–water partition coefficient (Wildman–Crippen LogP) is 3.21. The molecule has 1 saturated carbocycles. The maximum absolute atomic E-state index is 11.9. The van der Waals surface area contributed by atoms with E-state index in [1.54, 1.807) is 0 Å². The number of aromatic nitrogens is 1. The number of rotatable bonds is 4. The third-order valence-electron chi connectivity index (χ3n) is 5.42. The number of hydrogen-bond acceptors (Lipinski definition) is 4. The van der Waals surface area contributed by atoms with Crippen molar-refractivity contribution in [3.8, 4) is 0 Å². The van der Waals surface area contributed by atoms with Crippen molar-refractivity contribution >= 4 is 17.0 Å². The highest BCUT2D eigenvalue weighted by Crippen LogP contribution is 2.38. The number of nitrogens with two attached hydrogens (primary N) is 1. The van der Waals surface area contributed by atoms with E-state index in [4.69, 9.17) is 10.2 Å². The summed E-state index contributed by atoms with van der Waals surface area (Å²) in [5.74, 6) is 1.07. The summed E-state index contributed by atoms with van der Waals surface area (Å²) in [5.41, 5.74) is 7.31. The average molecular weight is 326 g/mol. The van der Waals surface area contributed by atoms with Gasteiger partial charge in [-0.3, -0.25) is 9.69 Å². The van der Waals surface area contributed by atoms with Crippen LogP contribution in [0.2, 0.25) is 0 Å². The van der Waals surface area contributed by atoms with Crippen molar-refractivity contribution in [1.82, 2.24) is 9.88 Å². The Kier molecular flexibility index (Phi) is 4.27. The summed E-state index contributed by atoms with van der Waals surface area (Å²) in [4.78, 5) is 18.8. The van der Waals surface area contributed by atoms with Gasteiger partial charge >= 0.3 is 0 Å². The maximum atomic E-state index is 11.9. The van der Waals surface area contributed by atoms with Gasteiger partial charge in [-0.2, -0.15) is 0 Å². The van der Waals surface area contributed by atoms with Crippen LogP contribution in [0.15, 0.2) is 28.7 Å². The van der Waals surface area contributed by atoms with E-state index in [0.717, 1.165) is 24.1 Å². The van der Waals surface area contributed by atoms with Crippen LogP contribution >= 0.6 is 0 Å². The lowest BCUT2D eigenvalue weighted by Gasteiger charge is -2.32. The fourth-order valence-corrected chi connectivity index (χ4v) is 4.19.